The van der Waals surface area contributed by atoms with Gasteiger partial charge in [-0.25, -0.2) is 0 Å². The second-order valence-corrected chi connectivity index (χ2v) is 6.51. The molecule has 1 aromatic heterocycles. The maximum Gasteiger partial charge on any atom is 0.254 e. The number of carbonyl (C=O) groups is 1. The van der Waals surface area contributed by atoms with Gasteiger partial charge in [0.2, 0.25) is 0 Å². The van der Waals surface area contributed by atoms with Crippen LogP contribution in [0.4, 0.5) is 0 Å². The molecule has 0 radical (unpaired) electrons. The fourth-order valence-corrected chi connectivity index (χ4v) is 4.00. The van der Waals surface area contributed by atoms with E-state index in [9.17, 15) is 4.79 Å². The molecule has 23 heavy (non-hydrogen) atoms. The van der Waals surface area contributed by atoms with Crippen molar-refractivity contribution < 1.29 is 9.63 Å². The zero-order chi connectivity index (χ0) is 16.2. The second-order valence-electron chi connectivity index (χ2n) is 5.51. The summed E-state index contributed by atoms with van der Waals surface area (Å²) in [6.07, 6.45) is 3.52. The Balaban J connectivity index is 1.81. The van der Waals surface area contributed by atoms with Crippen LogP contribution < -0.4 is 0 Å². The van der Waals surface area contributed by atoms with Crippen LogP contribution in [-0.2, 0) is 11.3 Å². The average Bonchev–Trinajstić information content (AvgIpc) is 3.07. The molecule has 3 rings (SSSR count). The number of amides is 1. The Morgan fingerprint density at radius 1 is 1.39 bits per heavy atom. The van der Waals surface area contributed by atoms with Gasteiger partial charge in [-0.1, -0.05) is 24.2 Å². The number of thiophene rings is 1. The fraction of sp³-hybridized carbons (Fsp3) is 0.333. The van der Waals surface area contributed by atoms with E-state index in [-0.39, 0.29) is 11.9 Å². The van der Waals surface area contributed by atoms with E-state index in [4.69, 9.17) is 0 Å². The first-order chi connectivity index (χ1) is 11.2. The Bertz CT molecular complexity index is 706. The molecule has 0 saturated heterocycles. The van der Waals surface area contributed by atoms with Crippen LogP contribution in [0.1, 0.15) is 45.7 Å². The van der Waals surface area contributed by atoms with Crippen LogP contribution in [0.2, 0.25) is 0 Å². The lowest BCUT2D eigenvalue weighted by atomic mass is 9.96. The molecule has 1 unspecified atom stereocenters. The minimum Gasteiger partial charge on any atom is -0.399 e. The maximum atomic E-state index is 12.9. The standard InChI is InChI=1S/C18H20N2O2S/c1-3-16-15-9-11-23-17(15)8-10-20(16)18(21)14-6-4-13(5-7-14)12-19-22-2/h4-7,9,11-12,16H,3,8,10H2,1-2H3/b19-12+. The third-order valence-electron chi connectivity index (χ3n) is 4.21. The number of benzene rings is 1. The van der Waals surface area contributed by atoms with Crippen molar-refractivity contribution in [1.82, 2.24) is 4.90 Å². The highest BCUT2D eigenvalue weighted by atomic mass is 32.1. The van der Waals surface area contributed by atoms with E-state index in [0.29, 0.717) is 0 Å². The number of hydrogen-bond donors (Lipinski definition) is 0. The van der Waals surface area contributed by atoms with Gasteiger partial charge < -0.3 is 9.74 Å². The summed E-state index contributed by atoms with van der Waals surface area (Å²) < 4.78 is 0. The topological polar surface area (TPSA) is 41.9 Å². The Morgan fingerprint density at radius 2 is 2.17 bits per heavy atom. The Morgan fingerprint density at radius 3 is 2.87 bits per heavy atom. The van der Waals surface area contributed by atoms with Crippen molar-refractivity contribution in [3.63, 3.8) is 0 Å². The van der Waals surface area contributed by atoms with Crippen molar-refractivity contribution in [1.29, 1.82) is 0 Å². The molecule has 0 fully saturated rings. The van der Waals surface area contributed by atoms with E-state index in [2.05, 4.69) is 28.4 Å². The maximum absolute atomic E-state index is 12.9. The van der Waals surface area contributed by atoms with Gasteiger partial charge in [-0.3, -0.25) is 4.79 Å². The van der Waals surface area contributed by atoms with Gasteiger partial charge in [0.1, 0.15) is 7.11 Å². The SMILES string of the molecule is CCC1c2ccsc2CCN1C(=O)c1ccc(/C=N/OC)cc1. The zero-order valence-electron chi connectivity index (χ0n) is 13.4. The number of nitrogens with zero attached hydrogens (tertiary/aromatic N) is 2. The van der Waals surface area contributed by atoms with Crippen molar-refractivity contribution in [2.75, 3.05) is 13.7 Å². The molecular weight excluding hydrogens is 308 g/mol. The van der Waals surface area contributed by atoms with Crippen LogP contribution in [0.15, 0.2) is 40.9 Å². The number of rotatable bonds is 4. The molecule has 1 aliphatic heterocycles. The molecule has 4 nitrogen and oxygen atoms in total. The van der Waals surface area contributed by atoms with Crippen LogP contribution in [0.25, 0.3) is 0 Å². The number of oxime groups is 1. The van der Waals surface area contributed by atoms with Crippen molar-refractivity contribution in [2.24, 2.45) is 5.16 Å². The van der Waals surface area contributed by atoms with Gasteiger partial charge in [-0.05, 0) is 47.5 Å². The summed E-state index contributed by atoms with van der Waals surface area (Å²) in [6, 6.07) is 9.84. The van der Waals surface area contributed by atoms with Gasteiger partial charge in [0.05, 0.1) is 12.3 Å². The molecule has 0 spiro atoms. The Kier molecular flexibility index (Phi) is 4.76. The summed E-state index contributed by atoms with van der Waals surface area (Å²) in [6.45, 7) is 2.93. The van der Waals surface area contributed by atoms with Crippen LogP contribution >= 0.6 is 11.3 Å². The van der Waals surface area contributed by atoms with Crippen molar-refractivity contribution in [2.45, 2.75) is 25.8 Å². The lowest BCUT2D eigenvalue weighted by Crippen LogP contribution is -2.39. The fourth-order valence-electron chi connectivity index (χ4n) is 3.07. The van der Waals surface area contributed by atoms with Gasteiger partial charge in [0.25, 0.3) is 5.91 Å². The summed E-state index contributed by atoms with van der Waals surface area (Å²) in [5.41, 5.74) is 2.95. The van der Waals surface area contributed by atoms with E-state index in [1.807, 2.05) is 29.2 Å². The molecule has 1 atom stereocenters. The third-order valence-corrected chi connectivity index (χ3v) is 5.20. The normalized spacial score (nSPS) is 17.3. The molecule has 0 saturated carbocycles. The average molecular weight is 328 g/mol. The first-order valence-corrected chi connectivity index (χ1v) is 8.66. The smallest absolute Gasteiger partial charge is 0.254 e. The predicted octanol–water partition coefficient (Wildman–Crippen LogP) is 3.88. The molecule has 0 N–H and O–H groups in total. The monoisotopic (exact) mass is 328 g/mol. The van der Waals surface area contributed by atoms with E-state index in [1.54, 1.807) is 17.6 Å². The van der Waals surface area contributed by atoms with E-state index in [0.717, 1.165) is 30.5 Å². The zero-order valence-corrected chi connectivity index (χ0v) is 14.2. The number of carbonyl (C=O) groups excluding carboxylic acids is 1. The molecule has 1 aliphatic rings. The molecule has 1 amide bonds. The second kappa shape index (κ2) is 6.96. The van der Waals surface area contributed by atoms with Crippen LogP contribution in [0, 0.1) is 0 Å². The predicted molar refractivity (Wildman–Crippen MR) is 93.1 cm³/mol. The lowest BCUT2D eigenvalue weighted by Gasteiger charge is -2.35. The molecule has 0 bridgehead atoms. The quantitative estimate of drug-likeness (QED) is 0.631. The van der Waals surface area contributed by atoms with Crippen LogP contribution in [0.5, 0.6) is 0 Å². The van der Waals surface area contributed by atoms with Gasteiger partial charge in [-0.15, -0.1) is 11.3 Å². The van der Waals surface area contributed by atoms with Crippen molar-refractivity contribution >= 4 is 23.5 Å². The molecule has 2 heterocycles. The summed E-state index contributed by atoms with van der Waals surface area (Å²) >= 11 is 1.80. The van der Waals surface area contributed by atoms with Gasteiger partial charge in [0.15, 0.2) is 0 Å². The summed E-state index contributed by atoms with van der Waals surface area (Å²) in [5, 5.41) is 5.86. The van der Waals surface area contributed by atoms with Gasteiger partial charge >= 0.3 is 0 Å². The minimum atomic E-state index is 0.101. The molecule has 5 heteroatoms. The van der Waals surface area contributed by atoms with Crippen molar-refractivity contribution in [3.05, 3.63) is 57.3 Å². The number of hydrogen-bond acceptors (Lipinski definition) is 4. The van der Waals surface area contributed by atoms with E-state index < -0.39 is 0 Å². The van der Waals surface area contributed by atoms with Crippen LogP contribution in [0.3, 0.4) is 0 Å². The van der Waals surface area contributed by atoms with Gasteiger partial charge in [-0.2, -0.15) is 0 Å². The first-order valence-electron chi connectivity index (χ1n) is 7.78. The molecule has 120 valence electrons. The largest absolute Gasteiger partial charge is 0.399 e. The molecule has 0 aliphatic carbocycles. The first kappa shape index (κ1) is 15.7. The molecule has 2 aromatic rings. The summed E-state index contributed by atoms with van der Waals surface area (Å²) in [7, 11) is 1.51. The Labute approximate surface area is 140 Å². The van der Waals surface area contributed by atoms with Crippen LogP contribution in [-0.4, -0.2) is 30.7 Å². The minimum absolute atomic E-state index is 0.101. The third kappa shape index (κ3) is 3.15. The highest BCUT2D eigenvalue weighted by Crippen LogP contribution is 2.35. The summed E-state index contributed by atoms with van der Waals surface area (Å²) in [4.78, 5) is 21.0. The van der Waals surface area contributed by atoms with E-state index in [1.165, 1.54) is 17.6 Å². The number of fused-ring (bicyclic) bond motifs is 1. The lowest BCUT2D eigenvalue weighted by molar-refractivity contribution is 0.0657. The molecule has 1 aromatic carbocycles. The molecular formula is C18H20N2O2S. The van der Waals surface area contributed by atoms with Crippen molar-refractivity contribution in [3.8, 4) is 0 Å². The highest BCUT2D eigenvalue weighted by molar-refractivity contribution is 7.10. The Hall–Kier alpha value is -2.14. The highest BCUT2D eigenvalue weighted by Gasteiger charge is 2.30. The summed E-state index contributed by atoms with van der Waals surface area (Å²) in [5.74, 6) is 0.101. The van der Waals surface area contributed by atoms with E-state index >= 15 is 0 Å². The van der Waals surface area contributed by atoms with Gasteiger partial charge in [0, 0.05) is 17.0 Å².